The molecule has 0 heterocycles. The Kier molecular flexibility index (Phi) is 6.75. The molecule has 0 saturated carbocycles. The van der Waals surface area contributed by atoms with Gasteiger partial charge in [-0.1, -0.05) is 46.4 Å². The molecular formula is C11H9Cl4NO3S. The molecule has 2 N–H and O–H groups in total. The van der Waals surface area contributed by atoms with Gasteiger partial charge in [-0.2, -0.15) is 0 Å². The Balaban J connectivity index is 2.93. The highest BCUT2D eigenvalue weighted by Gasteiger charge is 2.21. The van der Waals surface area contributed by atoms with Crippen molar-refractivity contribution in [1.29, 1.82) is 0 Å². The second-order valence-electron chi connectivity index (χ2n) is 3.70. The third-order valence-electron chi connectivity index (χ3n) is 2.14. The van der Waals surface area contributed by atoms with Gasteiger partial charge < -0.3 is 10.4 Å². The van der Waals surface area contributed by atoms with Gasteiger partial charge in [-0.15, -0.1) is 11.8 Å². The van der Waals surface area contributed by atoms with Crippen LogP contribution in [-0.4, -0.2) is 28.8 Å². The molecule has 0 bridgehead atoms. The van der Waals surface area contributed by atoms with E-state index in [1.807, 2.05) is 0 Å². The number of carboxylic acid groups (broad SMARTS) is 1. The van der Waals surface area contributed by atoms with Gasteiger partial charge in [-0.3, -0.25) is 4.79 Å². The largest absolute Gasteiger partial charge is 0.480 e. The van der Waals surface area contributed by atoms with Crippen LogP contribution in [0.1, 0.15) is 6.92 Å². The van der Waals surface area contributed by atoms with E-state index in [9.17, 15) is 9.59 Å². The summed E-state index contributed by atoms with van der Waals surface area (Å²) < 4.78 is 0. The molecule has 110 valence electrons. The zero-order valence-electron chi connectivity index (χ0n) is 10.0. The van der Waals surface area contributed by atoms with Crippen LogP contribution in [0, 0.1) is 0 Å². The van der Waals surface area contributed by atoms with Gasteiger partial charge in [0.2, 0.25) is 5.91 Å². The van der Waals surface area contributed by atoms with Crippen molar-refractivity contribution in [2.45, 2.75) is 17.9 Å². The van der Waals surface area contributed by atoms with Gasteiger partial charge in [0.05, 0.1) is 20.1 Å². The highest BCUT2D eigenvalue weighted by molar-refractivity contribution is 7.99. The standard InChI is InChI=1S/C11H9Cl4NO3S/c1-4(17)16-7(11(18)19)3-20-10-8(14)5(12)2-6(13)9(10)15/h2,7H,3H2,1H3,(H,16,17)(H,18,19)/t7-/m0/s1. The summed E-state index contributed by atoms with van der Waals surface area (Å²) in [5, 5.41) is 12.1. The number of benzene rings is 1. The van der Waals surface area contributed by atoms with Gasteiger partial charge in [0.25, 0.3) is 0 Å². The van der Waals surface area contributed by atoms with Gasteiger partial charge in [-0.05, 0) is 6.07 Å². The number of amides is 1. The van der Waals surface area contributed by atoms with Crippen molar-refractivity contribution in [3.63, 3.8) is 0 Å². The summed E-state index contributed by atoms with van der Waals surface area (Å²) in [7, 11) is 0. The summed E-state index contributed by atoms with van der Waals surface area (Å²) in [6, 6.07) is 0.336. The van der Waals surface area contributed by atoms with Crippen LogP contribution in [0.25, 0.3) is 0 Å². The quantitative estimate of drug-likeness (QED) is 0.602. The summed E-state index contributed by atoms with van der Waals surface area (Å²) in [4.78, 5) is 22.3. The number of carbonyl (C=O) groups excluding carboxylic acids is 1. The lowest BCUT2D eigenvalue weighted by atomic mass is 10.3. The summed E-state index contributed by atoms with van der Waals surface area (Å²) in [5.74, 6) is -1.57. The third kappa shape index (κ3) is 4.60. The van der Waals surface area contributed by atoms with Gasteiger partial charge in [-0.25, -0.2) is 4.79 Å². The molecule has 0 saturated heterocycles. The molecule has 4 nitrogen and oxygen atoms in total. The van der Waals surface area contributed by atoms with Crippen LogP contribution in [0.15, 0.2) is 11.0 Å². The normalized spacial score (nSPS) is 12.1. The molecule has 1 atom stereocenters. The fourth-order valence-electron chi connectivity index (χ4n) is 1.26. The summed E-state index contributed by atoms with van der Waals surface area (Å²) in [6.07, 6.45) is 0. The molecular weight excluding hydrogens is 368 g/mol. The number of hydrogen-bond acceptors (Lipinski definition) is 3. The highest BCUT2D eigenvalue weighted by atomic mass is 35.5. The molecule has 0 radical (unpaired) electrons. The third-order valence-corrected chi connectivity index (χ3v) is 5.14. The number of aliphatic carboxylic acids is 1. The van der Waals surface area contributed by atoms with Gasteiger partial charge >= 0.3 is 5.97 Å². The lowest BCUT2D eigenvalue weighted by molar-refractivity contribution is -0.140. The fraction of sp³-hybridized carbons (Fsp3) is 0.273. The van der Waals surface area contributed by atoms with Crippen molar-refractivity contribution >= 4 is 70.0 Å². The Morgan fingerprint density at radius 1 is 1.25 bits per heavy atom. The van der Waals surface area contributed by atoms with Crippen molar-refractivity contribution in [3.8, 4) is 0 Å². The van der Waals surface area contributed by atoms with E-state index in [1.165, 1.54) is 13.0 Å². The maximum atomic E-state index is 11.0. The van der Waals surface area contributed by atoms with Crippen molar-refractivity contribution in [1.82, 2.24) is 5.32 Å². The van der Waals surface area contributed by atoms with Crippen molar-refractivity contribution in [2.24, 2.45) is 0 Å². The molecule has 1 aromatic rings. The summed E-state index contributed by atoms with van der Waals surface area (Å²) >= 11 is 24.8. The maximum Gasteiger partial charge on any atom is 0.327 e. The first-order valence-electron chi connectivity index (χ1n) is 5.19. The zero-order chi connectivity index (χ0) is 15.4. The molecule has 1 aromatic carbocycles. The molecule has 0 unspecified atom stereocenters. The summed E-state index contributed by atoms with van der Waals surface area (Å²) in [6.45, 7) is 1.23. The van der Waals surface area contributed by atoms with Crippen LogP contribution < -0.4 is 5.32 Å². The van der Waals surface area contributed by atoms with Crippen LogP contribution in [-0.2, 0) is 9.59 Å². The van der Waals surface area contributed by atoms with Crippen LogP contribution >= 0.6 is 58.2 Å². The smallest absolute Gasteiger partial charge is 0.327 e. The second kappa shape index (κ2) is 7.61. The molecule has 9 heteroatoms. The number of rotatable bonds is 5. The molecule has 1 rings (SSSR count). The predicted molar refractivity (Wildman–Crippen MR) is 82.4 cm³/mol. The highest BCUT2D eigenvalue weighted by Crippen LogP contribution is 2.42. The van der Waals surface area contributed by atoms with E-state index in [-0.39, 0.29) is 25.8 Å². The number of hydrogen-bond donors (Lipinski definition) is 2. The zero-order valence-corrected chi connectivity index (χ0v) is 13.9. The molecule has 20 heavy (non-hydrogen) atoms. The van der Waals surface area contributed by atoms with E-state index in [1.54, 1.807) is 0 Å². The number of carbonyl (C=O) groups is 2. The van der Waals surface area contributed by atoms with Gasteiger partial charge in [0.15, 0.2) is 0 Å². The average Bonchev–Trinajstić information content (AvgIpc) is 2.34. The molecule has 0 spiro atoms. The molecule has 0 aliphatic carbocycles. The van der Waals surface area contributed by atoms with Crippen LogP contribution in [0.2, 0.25) is 20.1 Å². The van der Waals surface area contributed by atoms with Crippen LogP contribution in [0.4, 0.5) is 0 Å². The second-order valence-corrected chi connectivity index (χ2v) is 6.30. The minimum atomic E-state index is -1.16. The topological polar surface area (TPSA) is 66.4 Å². The van der Waals surface area contributed by atoms with E-state index in [0.29, 0.717) is 4.90 Å². The number of thioether (sulfide) groups is 1. The van der Waals surface area contributed by atoms with E-state index in [0.717, 1.165) is 11.8 Å². The Morgan fingerprint density at radius 2 is 1.75 bits per heavy atom. The lowest BCUT2D eigenvalue weighted by Gasteiger charge is -2.15. The molecule has 0 aromatic heterocycles. The fourth-order valence-corrected chi connectivity index (χ4v) is 3.55. The minimum absolute atomic E-state index is 0.0328. The van der Waals surface area contributed by atoms with E-state index < -0.39 is 17.9 Å². The number of carboxylic acids is 1. The van der Waals surface area contributed by atoms with E-state index in [4.69, 9.17) is 51.5 Å². The summed E-state index contributed by atoms with van der Waals surface area (Å²) in [5.41, 5.74) is 0. The van der Waals surface area contributed by atoms with Crippen molar-refractivity contribution in [3.05, 3.63) is 26.2 Å². The van der Waals surface area contributed by atoms with E-state index >= 15 is 0 Å². The first kappa shape index (κ1) is 17.7. The SMILES string of the molecule is CC(=O)N[C@@H](CSc1c(Cl)c(Cl)cc(Cl)c1Cl)C(=O)O. The van der Waals surface area contributed by atoms with Gasteiger partial charge in [0.1, 0.15) is 6.04 Å². The average molecular weight is 377 g/mol. The van der Waals surface area contributed by atoms with Crippen molar-refractivity contribution < 1.29 is 14.7 Å². The predicted octanol–water partition coefficient (Wildman–Crippen LogP) is 3.98. The van der Waals surface area contributed by atoms with Crippen LogP contribution in [0.5, 0.6) is 0 Å². The first-order valence-corrected chi connectivity index (χ1v) is 7.69. The molecule has 0 aliphatic rings. The molecule has 0 fully saturated rings. The molecule has 1 amide bonds. The maximum absolute atomic E-state index is 11.0. The Morgan fingerprint density at radius 3 is 2.15 bits per heavy atom. The van der Waals surface area contributed by atoms with Crippen molar-refractivity contribution in [2.75, 3.05) is 5.75 Å². The van der Waals surface area contributed by atoms with Gasteiger partial charge in [0, 0.05) is 17.6 Å². The number of halogens is 4. The Bertz CT molecular complexity index is 527. The monoisotopic (exact) mass is 375 g/mol. The minimum Gasteiger partial charge on any atom is -0.480 e. The van der Waals surface area contributed by atoms with Crippen LogP contribution in [0.3, 0.4) is 0 Å². The lowest BCUT2D eigenvalue weighted by Crippen LogP contribution is -2.41. The first-order chi connectivity index (χ1) is 9.23. The Hall–Kier alpha value is -0.330. The molecule has 0 aliphatic heterocycles. The van der Waals surface area contributed by atoms with E-state index in [2.05, 4.69) is 5.32 Å². The Labute approximate surface area is 139 Å². The number of nitrogens with one attached hydrogen (secondary N) is 1.